The van der Waals surface area contributed by atoms with Gasteiger partial charge < -0.3 is 14.8 Å². The molecule has 0 radical (unpaired) electrons. The number of para-hydroxylation sites is 2. The molecule has 1 N–H and O–H groups in total. The molecule has 0 bridgehead atoms. The first-order valence-corrected chi connectivity index (χ1v) is 12.4. The molecule has 0 aliphatic carbocycles. The lowest BCUT2D eigenvalue weighted by atomic mass is 10.0. The van der Waals surface area contributed by atoms with Crippen LogP contribution in [0.3, 0.4) is 0 Å². The van der Waals surface area contributed by atoms with Crippen molar-refractivity contribution in [1.82, 2.24) is 20.3 Å². The first-order valence-electron chi connectivity index (χ1n) is 12.4. The van der Waals surface area contributed by atoms with Crippen LogP contribution >= 0.6 is 0 Å². The maximum Gasteiger partial charge on any atom is 0.249 e. The fourth-order valence-corrected chi connectivity index (χ4v) is 4.65. The Morgan fingerprint density at radius 3 is 2.76 bits per heavy atom. The number of anilines is 1. The standard InChI is InChI=1S/C28H28FN5O4/c1-37-20-9-6-8-19(16-20)27(28(36)30-17-21-10-7-15-38-21)34(24-13-4-2-11-22(24)29)26(35)18-33-25-14-5-3-12-23(25)31-32-33/h2-6,8-9,11-14,16,21,27H,7,10,15,17-18H2,1H3,(H,30,36). The SMILES string of the molecule is COc1cccc(C(C(=O)NCC2CCCO2)N(C(=O)Cn2nnc3ccccc32)c2ccccc2F)c1. The van der Waals surface area contributed by atoms with Gasteiger partial charge in [-0.25, -0.2) is 9.07 Å². The van der Waals surface area contributed by atoms with E-state index >= 15 is 4.39 Å². The number of nitrogens with zero attached hydrogens (tertiary/aromatic N) is 4. The van der Waals surface area contributed by atoms with Crippen molar-refractivity contribution in [1.29, 1.82) is 0 Å². The molecule has 196 valence electrons. The van der Waals surface area contributed by atoms with Gasteiger partial charge in [-0.15, -0.1) is 5.10 Å². The quantitative estimate of drug-likeness (QED) is 0.364. The van der Waals surface area contributed by atoms with E-state index in [9.17, 15) is 9.59 Å². The van der Waals surface area contributed by atoms with Gasteiger partial charge >= 0.3 is 0 Å². The summed E-state index contributed by atoms with van der Waals surface area (Å²) in [5.41, 5.74) is 1.71. The van der Waals surface area contributed by atoms with E-state index in [0.717, 1.165) is 12.8 Å². The molecule has 0 spiro atoms. The molecule has 10 heteroatoms. The van der Waals surface area contributed by atoms with E-state index in [0.29, 0.717) is 29.0 Å². The van der Waals surface area contributed by atoms with Crippen LogP contribution in [0.1, 0.15) is 24.4 Å². The van der Waals surface area contributed by atoms with E-state index in [4.69, 9.17) is 9.47 Å². The minimum absolute atomic E-state index is 0.0259. The smallest absolute Gasteiger partial charge is 0.249 e. The number of carbonyl (C=O) groups is 2. The van der Waals surface area contributed by atoms with Gasteiger partial charge in [0.1, 0.15) is 29.7 Å². The number of aromatic nitrogens is 3. The van der Waals surface area contributed by atoms with Gasteiger partial charge in [0.2, 0.25) is 11.8 Å². The first kappa shape index (κ1) is 25.3. The summed E-state index contributed by atoms with van der Waals surface area (Å²) in [5.74, 6) is -1.13. The second-order valence-electron chi connectivity index (χ2n) is 9.01. The Bertz CT molecular complexity index is 1440. The minimum Gasteiger partial charge on any atom is -0.497 e. The predicted molar refractivity (Wildman–Crippen MR) is 139 cm³/mol. The summed E-state index contributed by atoms with van der Waals surface area (Å²) >= 11 is 0. The van der Waals surface area contributed by atoms with E-state index in [1.54, 1.807) is 42.5 Å². The Kier molecular flexibility index (Phi) is 7.60. The van der Waals surface area contributed by atoms with Gasteiger partial charge in [0.25, 0.3) is 0 Å². The molecule has 1 aliphatic heterocycles. The summed E-state index contributed by atoms with van der Waals surface area (Å²) in [6, 6.07) is 18.8. The predicted octanol–water partition coefficient (Wildman–Crippen LogP) is 3.65. The second kappa shape index (κ2) is 11.4. The number of fused-ring (bicyclic) bond motifs is 1. The normalized spacial score (nSPS) is 15.8. The molecule has 2 unspecified atom stereocenters. The molecule has 38 heavy (non-hydrogen) atoms. The van der Waals surface area contributed by atoms with Crippen LogP contribution < -0.4 is 15.0 Å². The van der Waals surface area contributed by atoms with Crippen LogP contribution in [-0.4, -0.2) is 53.2 Å². The van der Waals surface area contributed by atoms with Crippen LogP contribution in [0.2, 0.25) is 0 Å². The zero-order valence-corrected chi connectivity index (χ0v) is 20.9. The van der Waals surface area contributed by atoms with Gasteiger partial charge in [-0.2, -0.15) is 0 Å². The number of amides is 2. The highest BCUT2D eigenvalue weighted by Gasteiger charge is 2.35. The molecular weight excluding hydrogens is 489 g/mol. The lowest BCUT2D eigenvalue weighted by molar-refractivity contribution is -0.127. The number of methoxy groups -OCH3 is 1. The summed E-state index contributed by atoms with van der Waals surface area (Å²) in [5, 5.41) is 11.1. The molecule has 1 fully saturated rings. The minimum atomic E-state index is -1.19. The Hall–Kier alpha value is -4.31. The number of benzene rings is 3. The third-order valence-electron chi connectivity index (χ3n) is 6.53. The molecule has 1 aromatic heterocycles. The molecule has 1 aliphatic rings. The summed E-state index contributed by atoms with van der Waals surface area (Å²) in [4.78, 5) is 28.9. The summed E-state index contributed by atoms with van der Waals surface area (Å²) in [6.45, 7) is 0.673. The topological polar surface area (TPSA) is 98.6 Å². The molecule has 4 aromatic rings. The van der Waals surface area contributed by atoms with Crippen LogP contribution in [-0.2, 0) is 20.9 Å². The lowest BCUT2D eigenvalue weighted by Gasteiger charge is -2.32. The molecule has 2 atom stereocenters. The van der Waals surface area contributed by atoms with Crippen LogP contribution in [0.5, 0.6) is 5.75 Å². The van der Waals surface area contributed by atoms with E-state index in [1.807, 2.05) is 12.1 Å². The molecule has 0 saturated carbocycles. The number of rotatable bonds is 9. The van der Waals surface area contributed by atoms with Crippen molar-refractivity contribution in [3.8, 4) is 5.75 Å². The Morgan fingerprint density at radius 2 is 1.97 bits per heavy atom. The zero-order valence-electron chi connectivity index (χ0n) is 20.9. The van der Waals surface area contributed by atoms with Crippen molar-refractivity contribution in [3.63, 3.8) is 0 Å². The van der Waals surface area contributed by atoms with E-state index in [2.05, 4.69) is 15.6 Å². The highest BCUT2D eigenvalue weighted by Crippen LogP contribution is 2.32. The van der Waals surface area contributed by atoms with Gasteiger partial charge in [0.05, 0.1) is 24.4 Å². The van der Waals surface area contributed by atoms with Crippen molar-refractivity contribution < 1.29 is 23.5 Å². The van der Waals surface area contributed by atoms with Gasteiger partial charge in [0.15, 0.2) is 0 Å². The zero-order chi connectivity index (χ0) is 26.5. The van der Waals surface area contributed by atoms with Crippen LogP contribution in [0.4, 0.5) is 10.1 Å². The maximum atomic E-state index is 15.2. The molecule has 9 nitrogen and oxygen atoms in total. The molecule has 2 amide bonds. The van der Waals surface area contributed by atoms with Gasteiger partial charge in [-0.3, -0.25) is 14.5 Å². The number of hydrogen-bond donors (Lipinski definition) is 1. The Labute approximate surface area is 219 Å². The first-order chi connectivity index (χ1) is 18.5. The fourth-order valence-electron chi connectivity index (χ4n) is 4.65. The number of ether oxygens (including phenoxy) is 2. The summed E-state index contributed by atoms with van der Waals surface area (Å²) in [7, 11) is 1.52. The average Bonchev–Trinajstić information content (AvgIpc) is 3.61. The molecular formula is C28H28FN5O4. The summed E-state index contributed by atoms with van der Waals surface area (Å²) < 4.78 is 27.7. The van der Waals surface area contributed by atoms with Crippen molar-refractivity contribution in [2.24, 2.45) is 0 Å². The third kappa shape index (κ3) is 5.35. The summed E-state index contributed by atoms with van der Waals surface area (Å²) in [6.07, 6.45) is 1.65. The van der Waals surface area contributed by atoms with Gasteiger partial charge in [0, 0.05) is 13.2 Å². The van der Waals surface area contributed by atoms with Gasteiger partial charge in [-0.1, -0.05) is 41.6 Å². The maximum absolute atomic E-state index is 15.2. The molecule has 1 saturated heterocycles. The Balaban J connectivity index is 1.56. The van der Waals surface area contributed by atoms with E-state index in [-0.39, 0.29) is 24.9 Å². The van der Waals surface area contributed by atoms with Crippen molar-refractivity contribution in [2.45, 2.75) is 31.5 Å². The molecule has 3 aromatic carbocycles. The Morgan fingerprint density at radius 1 is 1.16 bits per heavy atom. The van der Waals surface area contributed by atoms with Crippen molar-refractivity contribution >= 4 is 28.5 Å². The van der Waals surface area contributed by atoms with Crippen LogP contribution in [0.15, 0.2) is 72.8 Å². The number of carbonyl (C=O) groups excluding carboxylic acids is 2. The van der Waals surface area contributed by atoms with E-state index in [1.165, 1.54) is 34.9 Å². The largest absolute Gasteiger partial charge is 0.497 e. The monoisotopic (exact) mass is 517 g/mol. The third-order valence-corrected chi connectivity index (χ3v) is 6.53. The molecule has 5 rings (SSSR count). The van der Waals surface area contributed by atoms with Crippen LogP contribution in [0.25, 0.3) is 11.0 Å². The highest BCUT2D eigenvalue weighted by atomic mass is 19.1. The van der Waals surface area contributed by atoms with Gasteiger partial charge in [-0.05, 0) is 54.8 Å². The second-order valence-corrected chi connectivity index (χ2v) is 9.01. The number of halogens is 1. The van der Waals surface area contributed by atoms with E-state index < -0.39 is 23.7 Å². The molecule has 2 heterocycles. The number of hydrogen-bond acceptors (Lipinski definition) is 6. The highest BCUT2D eigenvalue weighted by molar-refractivity contribution is 6.01. The lowest BCUT2D eigenvalue weighted by Crippen LogP contribution is -2.47. The fraction of sp³-hybridized carbons (Fsp3) is 0.286. The average molecular weight is 518 g/mol. The van der Waals surface area contributed by atoms with Crippen LogP contribution in [0, 0.1) is 5.82 Å². The van der Waals surface area contributed by atoms with Crippen molar-refractivity contribution in [3.05, 3.63) is 84.2 Å². The van der Waals surface area contributed by atoms with Crippen molar-refractivity contribution in [2.75, 3.05) is 25.2 Å². The number of nitrogens with one attached hydrogen (secondary N) is 1.